The second-order valence-electron chi connectivity index (χ2n) is 4.74. The van der Waals surface area contributed by atoms with Gasteiger partial charge in [0.05, 0.1) is 0 Å². The molecule has 4 nitrogen and oxygen atoms in total. The summed E-state index contributed by atoms with van der Waals surface area (Å²) in [4.78, 5) is 8.39. The van der Waals surface area contributed by atoms with Crippen LogP contribution in [0.1, 0.15) is 22.8 Å². The van der Waals surface area contributed by atoms with Crippen molar-refractivity contribution in [1.82, 2.24) is 9.97 Å². The molecule has 0 saturated carbocycles. The third-order valence-corrected chi connectivity index (χ3v) is 2.67. The third-order valence-electron chi connectivity index (χ3n) is 2.67. The third kappa shape index (κ3) is 8.48. The average molecular weight is 327 g/mol. The van der Waals surface area contributed by atoms with E-state index < -0.39 is 0 Å². The Morgan fingerprint density at radius 3 is 2.05 bits per heavy atom. The van der Waals surface area contributed by atoms with Gasteiger partial charge in [-0.25, -0.2) is 6.92 Å². The Morgan fingerprint density at radius 2 is 1.62 bits per heavy atom. The summed E-state index contributed by atoms with van der Waals surface area (Å²) in [5, 5.41) is 0. The molecule has 1 atom stereocenters. The molecule has 0 aliphatic rings. The standard InChI is InChI=1S/C9H15N3.C7H8N.Fe/c1-7-3-2-4-9(12-7)5-8(11)6-10;1-6-4-3-5-7(2)8-6;/h2-4,8H,5-6,10-11H2,1H3;3-5H,1H2,2H3;/q;-1;. The minimum atomic E-state index is 0. The van der Waals surface area contributed by atoms with Gasteiger partial charge in [-0.3, -0.25) is 9.97 Å². The molecule has 2 rings (SSSR count). The monoisotopic (exact) mass is 327 g/mol. The average Bonchev–Trinajstić information content (AvgIpc) is 2.39. The fourth-order valence-electron chi connectivity index (χ4n) is 1.66. The van der Waals surface area contributed by atoms with Gasteiger partial charge in [-0.15, -0.1) is 11.8 Å². The summed E-state index contributed by atoms with van der Waals surface area (Å²) in [7, 11) is 0. The number of pyridine rings is 2. The molecule has 0 aliphatic heterocycles. The molecule has 0 spiro atoms. The van der Waals surface area contributed by atoms with Crippen LogP contribution in [-0.4, -0.2) is 22.6 Å². The Hall–Kier alpha value is -1.39. The second kappa shape index (κ2) is 10.4. The van der Waals surface area contributed by atoms with E-state index in [-0.39, 0.29) is 23.1 Å². The van der Waals surface area contributed by atoms with Crippen molar-refractivity contribution >= 4 is 0 Å². The SMILES string of the molecule is Cc1cccc(CC(N)CN)n1.[CH2-]c1cccc(C)n1.[Fe]. The molecule has 0 saturated heterocycles. The van der Waals surface area contributed by atoms with E-state index in [4.69, 9.17) is 11.5 Å². The van der Waals surface area contributed by atoms with Crippen molar-refractivity contribution in [3.05, 3.63) is 66.1 Å². The Kier molecular flexibility index (Phi) is 9.67. The van der Waals surface area contributed by atoms with Crippen LogP contribution in [0.3, 0.4) is 0 Å². The molecule has 0 bridgehead atoms. The van der Waals surface area contributed by atoms with Crippen LogP contribution in [0.4, 0.5) is 0 Å². The van der Waals surface area contributed by atoms with Crippen LogP contribution in [0.25, 0.3) is 0 Å². The Labute approximate surface area is 137 Å². The summed E-state index contributed by atoms with van der Waals surface area (Å²) >= 11 is 0. The number of aromatic nitrogens is 2. The van der Waals surface area contributed by atoms with Crippen LogP contribution in [0.15, 0.2) is 36.4 Å². The van der Waals surface area contributed by atoms with Crippen molar-refractivity contribution in [2.75, 3.05) is 6.54 Å². The zero-order valence-electron chi connectivity index (χ0n) is 12.6. The molecule has 0 aliphatic carbocycles. The number of nitrogens with zero attached hydrogens (tertiary/aromatic N) is 2. The zero-order valence-corrected chi connectivity index (χ0v) is 13.7. The Bertz CT molecular complexity index is 514. The molecule has 1 unspecified atom stereocenters. The molecule has 4 N–H and O–H groups in total. The van der Waals surface area contributed by atoms with Crippen molar-refractivity contribution in [3.8, 4) is 0 Å². The van der Waals surface area contributed by atoms with Gasteiger partial charge < -0.3 is 11.5 Å². The fraction of sp³-hybridized carbons (Fsp3) is 0.312. The quantitative estimate of drug-likeness (QED) is 0.665. The van der Waals surface area contributed by atoms with E-state index in [1.807, 2.05) is 50.2 Å². The topological polar surface area (TPSA) is 77.8 Å². The van der Waals surface area contributed by atoms with Gasteiger partial charge in [0.15, 0.2) is 0 Å². The molecule has 0 aromatic carbocycles. The molecule has 0 fully saturated rings. The molecular weight excluding hydrogens is 304 g/mol. The molecule has 21 heavy (non-hydrogen) atoms. The van der Waals surface area contributed by atoms with E-state index in [1.165, 1.54) is 0 Å². The molecule has 2 heterocycles. The zero-order chi connectivity index (χ0) is 15.0. The molecule has 2 aromatic heterocycles. The molecule has 0 radical (unpaired) electrons. The summed E-state index contributed by atoms with van der Waals surface area (Å²) in [6.45, 7) is 8.10. The van der Waals surface area contributed by atoms with Gasteiger partial charge in [0.2, 0.25) is 0 Å². The number of hydrogen-bond donors (Lipinski definition) is 2. The Balaban J connectivity index is 0.000000390. The van der Waals surface area contributed by atoms with Gasteiger partial charge in [0, 0.05) is 53.2 Å². The van der Waals surface area contributed by atoms with E-state index >= 15 is 0 Å². The maximum atomic E-state index is 5.69. The van der Waals surface area contributed by atoms with Gasteiger partial charge >= 0.3 is 0 Å². The molecule has 2 aromatic rings. The number of nitrogens with two attached hydrogens (primary N) is 2. The van der Waals surface area contributed by atoms with Gasteiger partial charge in [-0.1, -0.05) is 12.1 Å². The summed E-state index contributed by atoms with van der Waals surface area (Å²) in [6.07, 6.45) is 0.762. The van der Waals surface area contributed by atoms with Crippen molar-refractivity contribution in [2.24, 2.45) is 11.5 Å². The van der Waals surface area contributed by atoms with E-state index in [9.17, 15) is 0 Å². The minimum Gasteiger partial charge on any atom is -0.329 e. The summed E-state index contributed by atoms with van der Waals surface area (Å²) in [6, 6.07) is 11.7. The molecular formula is C16H23FeN4-. The first-order valence-corrected chi connectivity index (χ1v) is 6.65. The predicted octanol–water partition coefficient (Wildman–Crippen LogP) is 1.79. The van der Waals surface area contributed by atoms with E-state index in [1.54, 1.807) is 0 Å². The van der Waals surface area contributed by atoms with Crippen LogP contribution >= 0.6 is 0 Å². The largest absolute Gasteiger partial charge is 0.329 e. The fourth-order valence-corrected chi connectivity index (χ4v) is 1.66. The number of hydrogen-bond acceptors (Lipinski definition) is 4. The summed E-state index contributed by atoms with van der Waals surface area (Å²) in [5.41, 5.74) is 15.0. The van der Waals surface area contributed by atoms with Crippen molar-refractivity contribution < 1.29 is 17.1 Å². The van der Waals surface area contributed by atoms with Crippen LogP contribution < -0.4 is 11.5 Å². The van der Waals surface area contributed by atoms with Gasteiger partial charge in [0.1, 0.15) is 0 Å². The molecule has 5 heteroatoms. The first-order chi connectivity index (χ1) is 9.51. The summed E-state index contributed by atoms with van der Waals surface area (Å²) < 4.78 is 0. The van der Waals surface area contributed by atoms with Gasteiger partial charge in [0.25, 0.3) is 0 Å². The van der Waals surface area contributed by atoms with E-state index in [0.717, 1.165) is 29.2 Å². The normalized spacial score (nSPS) is 10.9. The van der Waals surface area contributed by atoms with E-state index in [0.29, 0.717) is 6.54 Å². The van der Waals surface area contributed by atoms with E-state index in [2.05, 4.69) is 16.9 Å². The van der Waals surface area contributed by atoms with Crippen molar-refractivity contribution in [1.29, 1.82) is 0 Å². The van der Waals surface area contributed by atoms with Crippen LogP contribution in [-0.2, 0) is 23.5 Å². The first kappa shape index (κ1) is 19.6. The first-order valence-electron chi connectivity index (χ1n) is 6.65. The number of aryl methyl sites for hydroxylation is 2. The molecule has 0 amide bonds. The maximum absolute atomic E-state index is 5.69. The van der Waals surface area contributed by atoms with Crippen molar-refractivity contribution in [3.63, 3.8) is 0 Å². The molecule has 116 valence electrons. The van der Waals surface area contributed by atoms with Crippen LogP contribution in [0.2, 0.25) is 0 Å². The van der Waals surface area contributed by atoms with Crippen molar-refractivity contribution in [2.45, 2.75) is 26.3 Å². The van der Waals surface area contributed by atoms with Crippen LogP contribution in [0, 0.1) is 20.8 Å². The van der Waals surface area contributed by atoms with Gasteiger partial charge in [-0.2, -0.15) is 6.07 Å². The van der Waals surface area contributed by atoms with Gasteiger partial charge in [-0.05, 0) is 26.0 Å². The minimum absolute atomic E-state index is 0. The second-order valence-corrected chi connectivity index (χ2v) is 4.74. The smallest absolute Gasteiger partial charge is 0.0422 e. The number of rotatable bonds is 3. The Morgan fingerprint density at radius 1 is 1.05 bits per heavy atom. The maximum Gasteiger partial charge on any atom is 0.0422 e. The predicted molar refractivity (Wildman–Crippen MR) is 83.1 cm³/mol. The summed E-state index contributed by atoms with van der Waals surface area (Å²) in [5.74, 6) is 0. The van der Waals surface area contributed by atoms with Crippen LogP contribution in [0.5, 0.6) is 0 Å².